The summed E-state index contributed by atoms with van der Waals surface area (Å²) in [4.78, 5) is 18.3. The van der Waals surface area contributed by atoms with Gasteiger partial charge in [-0.25, -0.2) is 4.98 Å². The van der Waals surface area contributed by atoms with E-state index in [0.29, 0.717) is 11.5 Å². The number of para-hydroxylation sites is 3. The van der Waals surface area contributed by atoms with Gasteiger partial charge in [-0.15, -0.1) is 0 Å². The van der Waals surface area contributed by atoms with Crippen molar-refractivity contribution in [2.45, 2.75) is 19.9 Å². The quantitative estimate of drug-likeness (QED) is 0.445. The molecule has 6 heteroatoms. The van der Waals surface area contributed by atoms with Gasteiger partial charge in [0.2, 0.25) is 5.95 Å². The largest absolute Gasteiger partial charge is 0.508 e. The van der Waals surface area contributed by atoms with E-state index >= 15 is 0 Å². The molecule has 0 fully saturated rings. The number of aryl methyl sites for hydroxylation is 1. The molecule has 4 aromatic rings. The van der Waals surface area contributed by atoms with Gasteiger partial charge in [-0.1, -0.05) is 42.5 Å². The molecule has 3 N–H and O–H groups in total. The number of phenolic OH excluding ortho intramolecular Hbond substituents is 1. The summed E-state index contributed by atoms with van der Waals surface area (Å²) in [5, 5.41) is 16.2. The van der Waals surface area contributed by atoms with Gasteiger partial charge in [0, 0.05) is 11.4 Å². The predicted octanol–water partition coefficient (Wildman–Crippen LogP) is 4.98. The van der Waals surface area contributed by atoms with E-state index in [9.17, 15) is 9.90 Å². The summed E-state index contributed by atoms with van der Waals surface area (Å²) in [6.45, 7) is 3.86. The van der Waals surface area contributed by atoms with Crippen LogP contribution in [0.2, 0.25) is 0 Å². The van der Waals surface area contributed by atoms with Gasteiger partial charge < -0.3 is 15.7 Å². The fraction of sp³-hybridized carbons (Fsp3) is 0.120. The van der Waals surface area contributed by atoms with Gasteiger partial charge in [0.15, 0.2) is 0 Å². The van der Waals surface area contributed by atoms with Gasteiger partial charge in [-0.3, -0.25) is 9.36 Å². The molecule has 1 aromatic heterocycles. The van der Waals surface area contributed by atoms with Crippen molar-refractivity contribution in [2.75, 3.05) is 10.6 Å². The van der Waals surface area contributed by atoms with Crippen LogP contribution in [0.3, 0.4) is 0 Å². The number of allylic oxidation sites excluding steroid dienone is 1. The molecule has 0 spiro atoms. The number of benzene rings is 3. The molecule has 1 atom stereocenters. The highest BCUT2D eigenvalue weighted by molar-refractivity contribution is 6.06. The van der Waals surface area contributed by atoms with E-state index in [4.69, 9.17) is 4.98 Å². The monoisotopic (exact) mass is 410 g/mol. The molecule has 0 bridgehead atoms. The summed E-state index contributed by atoms with van der Waals surface area (Å²) >= 11 is 0. The molecule has 0 unspecified atom stereocenters. The summed E-state index contributed by atoms with van der Waals surface area (Å²) in [6.07, 6.45) is 0. The molecular weight excluding hydrogens is 388 g/mol. The van der Waals surface area contributed by atoms with Crippen LogP contribution >= 0.6 is 0 Å². The Morgan fingerprint density at radius 1 is 1.00 bits per heavy atom. The highest BCUT2D eigenvalue weighted by atomic mass is 16.3. The number of aromatic nitrogens is 2. The molecule has 0 radical (unpaired) electrons. The van der Waals surface area contributed by atoms with Crippen LogP contribution in [0, 0.1) is 6.92 Å². The number of carbonyl (C=O) groups is 1. The second-order valence-electron chi connectivity index (χ2n) is 7.72. The predicted molar refractivity (Wildman–Crippen MR) is 122 cm³/mol. The zero-order chi connectivity index (χ0) is 21.5. The number of fused-ring (bicyclic) bond motifs is 3. The zero-order valence-electron chi connectivity index (χ0n) is 17.3. The molecule has 5 rings (SSSR count). The van der Waals surface area contributed by atoms with Crippen molar-refractivity contribution in [1.29, 1.82) is 0 Å². The Morgan fingerprint density at radius 2 is 1.71 bits per heavy atom. The maximum atomic E-state index is 13.6. The Bertz CT molecular complexity index is 1340. The minimum absolute atomic E-state index is 0.180. The molecule has 0 saturated heterocycles. The van der Waals surface area contributed by atoms with Crippen LogP contribution in [0.15, 0.2) is 84.1 Å². The lowest BCUT2D eigenvalue weighted by molar-refractivity contribution is -0.113. The minimum atomic E-state index is -0.395. The number of nitrogens with one attached hydrogen (secondary N) is 2. The van der Waals surface area contributed by atoms with E-state index in [2.05, 4.69) is 10.6 Å². The smallest absolute Gasteiger partial charge is 0.255 e. The van der Waals surface area contributed by atoms with Crippen molar-refractivity contribution < 1.29 is 9.90 Å². The van der Waals surface area contributed by atoms with Crippen LogP contribution in [0.25, 0.3) is 11.0 Å². The summed E-state index contributed by atoms with van der Waals surface area (Å²) in [6, 6.07) is 22.2. The van der Waals surface area contributed by atoms with Crippen LogP contribution in [0.1, 0.15) is 24.1 Å². The van der Waals surface area contributed by atoms with Crippen molar-refractivity contribution in [3.8, 4) is 5.75 Å². The lowest BCUT2D eigenvalue weighted by atomic mass is 9.94. The van der Waals surface area contributed by atoms with E-state index in [1.54, 1.807) is 12.1 Å². The summed E-state index contributed by atoms with van der Waals surface area (Å²) < 4.78 is 2.04. The number of rotatable bonds is 3. The average Bonchev–Trinajstić information content (AvgIpc) is 3.13. The first kappa shape index (κ1) is 18.9. The van der Waals surface area contributed by atoms with Gasteiger partial charge in [-0.2, -0.15) is 0 Å². The molecular formula is C25H22N4O2. The lowest BCUT2D eigenvalue weighted by Gasteiger charge is -2.31. The number of nitrogens with zero attached hydrogens (tertiary/aromatic N) is 2. The number of anilines is 2. The second-order valence-corrected chi connectivity index (χ2v) is 7.72. The third kappa shape index (κ3) is 3.22. The van der Waals surface area contributed by atoms with Crippen LogP contribution in [0.5, 0.6) is 5.75 Å². The molecule has 0 saturated carbocycles. The number of carbonyl (C=O) groups excluding carboxylic acids is 1. The second kappa shape index (κ2) is 7.32. The first-order valence-electron chi connectivity index (χ1n) is 10.1. The summed E-state index contributed by atoms with van der Waals surface area (Å²) in [7, 11) is 0. The minimum Gasteiger partial charge on any atom is -0.508 e. The van der Waals surface area contributed by atoms with Crippen molar-refractivity contribution in [2.24, 2.45) is 0 Å². The van der Waals surface area contributed by atoms with Crippen LogP contribution in [-0.2, 0) is 4.79 Å². The first-order chi connectivity index (χ1) is 15.0. The van der Waals surface area contributed by atoms with E-state index in [0.717, 1.165) is 33.5 Å². The molecule has 1 amide bonds. The van der Waals surface area contributed by atoms with Gasteiger partial charge in [-0.05, 0) is 55.3 Å². The standard InChI is InChI=1S/C25H22N4O2/c1-15-7-3-4-8-19(15)27-24(31)22-16(2)26-25-28-20-9-5-6-10-21(20)29(25)23(22)17-11-13-18(30)14-12-17/h3-14,23,30H,1-2H3,(H,26,28)(H,27,31)/t23-/m0/s1. The number of hydrogen-bond donors (Lipinski definition) is 3. The molecule has 0 aliphatic carbocycles. The molecule has 2 heterocycles. The lowest BCUT2D eigenvalue weighted by Crippen LogP contribution is -2.31. The topological polar surface area (TPSA) is 79.2 Å². The van der Waals surface area contributed by atoms with Crippen LogP contribution < -0.4 is 10.6 Å². The fourth-order valence-corrected chi connectivity index (χ4v) is 4.13. The normalized spacial score (nSPS) is 15.5. The Balaban J connectivity index is 1.67. The van der Waals surface area contributed by atoms with E-state index in [1.165, 1.54) is 0 Å². The highest BCUT2D eigenvalue weighted by Gasteiger charge is 2.34. The average molecular weight is 410 g/mol. The Labute approximate surface area is 179 Å². The molecule has 1 aliphatic heterocycles. The van der Waals surface area contributed by atoms with Gasteiger partial charge in [0.25, 0.3) is 5.91 Å². The number of phenols is 1. The highest BCUT2D eigenvalue weighted by Crippen LogP contribution is 2.39. The Hall–Kier alpha value is -4.06. The van der Waals surface area contributed by atoms with Crippen LogP contribution in [0.4, 0.5) is 11.6 Å². The van der Waals surface area contributed by atoms with Crippen molar-refractivity contribution >= 4 is 28.6 Å². The summed E-state index contributed by atoms with van der Waals surface area (Å²) in [5.41, 5.74) is 5.78. The van der Waals surface area contributed by atoms with Crippen molar-refractivity contribution in [3.05, 3.63) is 95.2 Å². The van der Waals surface area contributed by atoms with Gasteiger partial charge >= 0.3 is 0 Å². The van der Waals surface area contributed by atoms with Crippen molar-refractivity contribution in [3.63, 3.8) is 0 Å². The number of hydrogen-bond acceptors (Lipinski definition) is 4. The SMILES string of the molecule is CC1=C(C(=O)Nc2ccccc2C)[C@H](c2ccc(O)cc2)n2c(nc3ccccc32)N1. The van der Waals surface area contributed by atoms with Crippen LogP contribution in [-0.4, -0.2) is 20.6 Å². The zero-order valence-corrected chi connectivity index (χ0v) is 17.3. The number of amides is 1. The van der Waals surface area contributed by atoms with E-state index in [-0.39, 0.29) is 11.7 Å². The first-order valence-corrected chi connectivity index (χ1v) is 10.1. The molecule has 154 valence electrons. The third-order valence-corrected chi connectivity index (χ3v) is 5.68. The Kier molecular flexibility index (Phi) is 4.47. The third-order valence-electron chi connectivity index (χ3n) is 5.68. The van der Waals surface area contributed by atoms with Crippen molar-refractivity contribution in [1.82, 2.24) is 9.55 Å². The fourth-order valence-electron chi connectivity index (χ4n) is 4.13. The molecule has 31 heavy (non-hydrogen) atoms. The molecule has 1 aliphatic rings. The van der Waals surface area contributed by atoms with E-state index in [1.807, 2.05) is 79.1 Å². The molecule has 6 nitrogen and oxygen atoms in total. The van der Waals surface area contributed by atoms with Gasteiger partial charge in [0.05, 0.1) is 22.6 Å². The number of aromatic hydroxyl groups is 1. The molecule has 3 aromatic carbocycles. The maximum absolute atomic E-state index is 13.6. The van der Waals surface area contributed by atoms with Gasteiger partial charge in [0.1, 0.15) is 5.75 Å². The maximum Gasteiger partial charge on any atom is 0.255 e. The number of imidazole rings is 1. The summed E-state index contributed by atoms with van der Waals surface area (Å²) in [5.74, 6) is 0.685. The van der Waals surface area contributed by atoms with E-state index < -0.39 is 6.04 Å². The Morgan fingerprint density at radius 3 is 2.48 bits per heavy atom.